The predicted molar refractivity (Wildman–Crippen MR) is 111 cm³/mol. The highest BCUT2D eigenvalue weighted by Crippen LogP contribution is 2.16. The summed E-state index contributed by atoms with van der Waals surface area (Å²) in [5, 5.41) is 5.66. The number of urea groups is 1. The van der Waals surface area contributed by atoms with E-state index in [0.29, 0.717) is 25.4 Å². The molecule has 7 heteroatoms. The molecule has 0 spiro atoms. The van der Waals surface area contributed by atoms with E-state index in [4.69, 9.17) is 0 Å². The molecule has 1 aromatic rings. The second-order valence-corrected chi connectivity index (χ2v) is 9.36. The number of nitrogens with one attached hydrogen (secondary N) is 2. The molecule has 1 atom stereocenters. The Morgan fingerprint density at radius 3 is 2.26 bits per heavy atom. The molecule has 1 unspecified atom stereocenters. The van der Waals surface area contributed by atoms with Crippen LogP contribution in [0.5, 0.6) is 0 Å². The molecule has 27 heavy (non-hydrogen) atoms. The molecule has 2 N–H and O–H groups in total. The van der Waals surface area contributed by atoms with Crippen molar-refractivity contribution >= 4 is 15.9 Å². The van der Waals surface area contributed by atoms with Gasteiger partial charge in [-0.05, 0) is 32.0 Å². The number of carbonyl (C=O) groups is 1. The molecular weight excluding hydrogens is 362 g/mol. The van der Waals surface area contributed by atoms with Crippen LogP contribution >= 0.6 is 0 Å². The molecule has 0 aliphatic rings. The summed E-state index contributed by atoms with van der Waals surface area (Å²) >= 11 is 0. The molecule has 0 bridgehead atoms. The fourth-order valence-electron chi connectivity index (χ4n) is 3.26. The van der Waals surface area contributed by atoms with Crippen molar-refractivity contribution < 1.29 is 13.2 Å². The third-order valence-corrected chi connectivity index (χ3v) is 6.56. The summed E-state index contributed by atoms with van der Waals surface area (Å²) in [5.41, 5.74) is 0.791. The van der Waals surface area contributed by atoms with Gasteiger partial charge in [-0.15, -0.1) is 0 Å². The molecule has 0 aromatic heterocycles. The van der Waals surface area contributed by atoms with E-state index in [0.717, 1.165) is 18.4 Å². The number of benzene rings is 1. The smallest absolute Gasteiger partial charge is 0.314 e. The van der Waals surface area contributed by atoms with E-state index >= 15 is 0 Å². The highest BCUT2D eigenvalue weighted by Gasteiger charge is 2.21. The van der Waals surface area contributed by atoms with E-state index in [1.54, 1.807) is 0 Å². The summed E-state index contributed by atoms with van der Waals surface area (Å²) in [6.45, 7) is 5.26. The minimum absolute atomic E-state index is 0.0416. The molecule has 2 amide bonds. The number of carbonyl (C=O) groups excluding carboxylic acids is 1. The molecule has 0 saturated carbocycles. The van der Waals surface area contributed by atoms with Gasteiger partial charge in [-0.2, -0.15) is 0 Å². The van der Waals surface area contributed by atoms with E-state index in [9.17, 15) is 13.2 Å². The standard InChI is InChI=1S/C20H35N3O3S/c1-5-18(6-2)19(23(3)4)15-22-20(24)21-13-10-14-27(25,26)16-17-11-8-7-9-12-17/h7-9,11-12,18-19H,5-6,10,13-16H2,1-4H3,(H2,21,22,24). The second-order valence-electron chi connectivity index (χ2n) is 7.18. The Bertz CT molecular complexity index is 644. The van der Waals surface area contributed by atoms with Gasteiger partial charge in [0.15, 0.2) is 9.84 Å². The Hall–Kier alpha value is -1.60. The number of hydrogen-bond donors (Lipinski definition) is 2. The fourth-order valence-corrected chi connectivity index (χ4v) is 4.69. The summed E-state index contributed by atoms with van der Waals surface area (Å²) in [4.78, 5) is 14.1. The molecule has 6 nitrogen and oxygen atoms in total. The molecule has 0 radical (unpaired) electrons. The average molecular weight is 398 g/mol. The summed E-state index contributed by atoms with van der Waals surface area (Å²) in [6, 6.07) is 9.20. The second kappa shape index (κ2) is 12.0. The van der Waals surface area contributed by atoms with Crippen molar-refractivity contribution in [1.82, 2.24) is 15.5 Å². The predicted octanol–water partition coefficient (Wildman–Crippen LogP) is 2.66. The van der Waals surface area contributed by atoms with Gasteiger partial charge in [-0.25, -0.2) is 13.2 Å². The number of likely N-dealkylation sites (N-methyl/N-ethyl adjacent to an activating group) is 1. The maximum atomic E-state index is 12.1. The fraction of sp³-hybridized carbons (Fsp3) is 0.650. The van der Waals surface area contributed by atoms with Crippen molar-refractivity contribution in [3.8, 4) is 0 Å². The van der Waals surface area contributed by atoms with Crippen LogP contribution in [-0.4, -0.2) is 58.3 Å². The van der Waals surface area contributed by atoms with Gasteiger partial charge in [0.2, 0.25) is 0 Å². The van der Waals surface area contributed by atoms with Gasteiger partial charge in [0.05, 0.1) is 11.5 Å². The highest BCUT2D eigenvalue weighted by atomic mass is 32.2. The van der Waals surface area contributed by atoms with E-state index in [2.05, 4.69) is 29.4 Å². The summed E-state index contributed by atoms with van der Waals surface area (Å²) in [5.74, 6) is 0.638. The van der Waals surface area contributed by atoms with Gasteiger partial charge in [0, 0.05) is 19.1 Å². The van der Waals surface area contributed by atoms with Gasteiger partial charge < -0.3 is 15.5 Å². The van der Waals surface area contributed by atoms with Gasteiger partial charge in [0.25, 0.3) is 0 Å². The van der Waals surface area contributed by atoms with Crippen molar-refractivity contribution in [2.45, 2.75) is 44.9 Å². The van der Waals surface area contributed by atoms with Crippen LogP contribution in [0, 0.1) is 5.92 Å². The van der Waals surface area contributed by atoms with Gasteiger partial charge in [-0.1, -0.05) is 57.0 Å². The monoisotopic (exact) mass is 397 g/mol. The van der Waals surface area contributed by atoms with Crippen molar-refractivity contribution in [3.05, 3.63) is 35.9 Å². The lowest BCUT2D eigenvalue weighted by Crippen LogP contribution is -2.47. The van der Waals surface area contributed by atoms with Crippen molar-refractivity contribution in [1.29, 1.82) is 0 Å². The third-order valence-electron chi connectivity index (χ3n) is 4.88. The van der Waals surface area contributed by atoms with Crippen molar-refractivity contribution in [2.75, 3.05) is 32.9 Å². The zero-order chi connectivity index (χ0) is 20.3. The Morgan fingerprint density at radius 1 is 1.07 bits per heavy atom. The first kappa shape index (κ1) is 23.4. The Morgan fingerprint density at radius 2 is 1.70 bits per heavy atom. The lowest BCUT2D eigenvalue weighted by Gasteiger charge is -2.31. The van der Waals surface area contributed by atoms with Crippen LogP contribution in [0.4, 0.5) is 4.79 Å². The summed E-state index contributed by atoms with van der Waals surface area (Å²) in [7, 11) is 0.890. The summed E-state index contributed by atoms with van der Waals surface area (Å²) in [6.07, 6.45) is 2.55. The van der Waals surface area contributed by atoms with Gasteiger partial charge in [-0.3, -0.25) is 0 Å². The maximum absolute atomic E-state index is 12.1. The number of amides is 2. The van der Waals surface area contributed by atoms with Gasteiger partial charge >= 0.3 is 6.03 Å². The van der Waals surface area contributed by atoms with E-state index in [1.165, 1.54) is 0 Å². The zero-order valence-electron chi connectivity index (χ0n) is 17.1. The lowest BCUT2D eigenvalue weighted by atomic mass is 9.93. The number of hydrogen-bond acceptors (Lipinski definition) is 4. The van der Waals surface area contributed by atoms with Crippen LogP contribution in [0.2, 0.25) is 0 Å². The molecule has 0 fully saturated rings. The van der Waals surface area contributed by atoms with Crippen LogP contribution in [0.3, 0.4) is 0 Å². The Labute approximate surface area is 164 Å². The van der Waals surface area contributed by atoms with Crippen molar-refractivity contribution in [3.63, 3.8) is 0 Å². The average Bonchev–Trinajstić information content (AvgIpc) is 2.62. The molecule has 1 aromatic carbocycles. The Balaban J connectivity index is 2.32. The maximum Gasteiger partial charge on any atom is 0.314 e. The number of sulfone groups is 1. The lowest BCUT2D eigenvalue weighted by molar-refractivity contribution is 0.190. The molecule has 0 aliphatic carbocycles. The number of nitrogens with zero attached hydrogens (tertiary/aromatic N) is 1. The molecular formula is C20H35N3O3S. The van der Waals surface area contributed by atoms with E-state index in [1.807, 2.05) is 44.4 Å². The van der Waals surface area contributed by atoms with Crippen LogP contribution in [-0.2, 0) is 15.6 Å². The summed E-state index contributed by atoms with van der Waals surface area (Å²) < 4.78 is 24.3. The molecule has 1 rings (SSSR count). The van der Waals surface area contributed by atoms with E-state index in [-0.39, 0.29) is 23.6 Å². The third kappa shape index (κ3) is 9.24. The first-order valence-corrected chi connectivity index (χ1v) is 11.5. The molecule has 0 heterocycles. The Kier molecular flexibility index (Phi) is 10.4. The minimum Gasteiger partial charge on any atom is -0.338 e. The SMILES string of the molecule is CCC(CC)C(CNC(=O)NCCCS(=O)(=O)Cc1ccccc1)N(C)C. The van der Waals surface area contributed by atoms with Gasteiger partial charge in [0.1, 0.15) is 0 Å². The zero-order valence-corrected chi connectivity index (χ0v) is 17.9. The van der Waals surface area contributed by atoms with E-state index < -0.39 is 9.84 Å². The van der Waals surface area contributed by atoms with Crippen LogP contribution < -0.4 is 10.6 Å². The quantitative estimate of drug-likeness (QED) is 0.532. The van der Waals surface area contributed by atoms with Crippen LogP contribution in [0.15, 0.2) is 30.3 Å². The molecule has 0 aliphatic heterocycles. The first-order valence-electron chi connectivity index (χ1n) is 9.71. The normalized spacial score (nSPS) is 13.0. The topological polar surface area (TPSA) is 78.5 Å². The largest absolute Gasteiger partial charge is 0.338 e. The minimum atomic E-state index is -3.17. The van der Waals surface area contributed by atoms with Crippen LogP contribution in [0.25, 0.3) is 0 Å². The highest BCUT2D eigenvalue weighted by molar-refractivity contribution is 7.90. The number of rotatable bonds is 12. The van der Waals surface area contributed by atoms with Crippen molar-refractivity contribution in [2.24, 2.45) is 5.92 Å². The molecule has 154 valence electrons. The van der Waals surface area contributed by atoms with Crippen LogP contribution in [0.1, 0.15) is 38.7 Å². The first-order chi connectivity index (χ1) is 12.8. The molecule has 0 saturated heterocycles.